The maximum atomic E-state index is 11.7. The lowest BCUT2D eigenvalue weighted by Crippen LogP contribution is -2.24. The predicted molar refractivity (Wildman–Crippen MR) is 64.7 cm³/mol. The third kappa shape index (κ3) is 1.75. The molecule has 0 saturated carbocycles. The zero-order chi connectivity index (χ0) is 11.7. The van der Waals surface area contributed by atoms with Gasteiger partial charge in [0.1, 0.15) is 0 Å². The third-order valence-corrected chi connectivity index (χ3v) is 3.40. The average Bonchev–Trinajstić information content (AvgIpc) is 3.00. The van der Waals surface area contributed by atoms with E-state index in [2.05, 4.69) is 26.7 Å². The van der Waals surface area contributed by atoms with Crippen molar-refractivity contribution in [3.05, 3.63) is 42.5 Å². The molecule has 0 saturated heterocycles. The fraction of sp³-hybridized carbons (Fsp3) is 0.308. The first-order valence-electron chi connectivity index (χ1n) is 5.77. The Labute approximate surface area is 99.4 Å². The van der Waals surface area contributed by atoms with Gasteiger partial charge in [0, 0.05) is 36.1 Å². The molecule has 2 heterocycles. The molecule has 0 fully saturated rings. The number of rotatable bonds is 2. The summed E-state index contributed by atoms with van der Waals surface area (Å²) in [4.78, 5) is 19.6. The first-order valence-corrected chi connectivity index (χ1v) is 5.77. The number of allylic oxidation sites excluding steroid dienone is 3. The van der Waals surface area contributed by atoms with E-state index in [9.17, 15) is 4.79 Å². The fourth-order valence-electron chi connectivity index (χ4n) is 2.54. The largest absolute Gasteiger partial charge is 0.333 e. The molecule has 1 amide bonds. The Kier molecular flexibility index (Phi) is 2.48. The molecule has 3 rings (SSSR count). The Morgan fingerprint density at radius 1 is 1.29 bits per heavy atom. The van der Waals surface area contributed by atoms with Gasteiger partial charge < -0.3 is 4.57 Å². The molecule has 1 aromatic heterocycles. The summed E-state index contributed by atoms with van der Waals surface area (Å²) in [6, 6.07) is 0.277. The van der Waals surface area contributed by atoms with Gasteiger partial charge in [0.15, 0.2) is 0 Å². The van der Waals surface area contributed by atoms with Crippen molar-refractivity contribution < 1.29 is 4.79 Å². The Morgan fingerprint density at radius 2 is 2.18 bits per heavy atom. The van der Waals surface area contributed by atoms with Crippen molar-refractivity contribution in [2.24, 2.45) is 10.9 Å². The number of aliphatic imine (C=N–C) groups is 1. The Morgan fingerprint density at radius 3 is 2.88 bits per heavy atom. The minimum Gasteiger partial charge on any atom is -0.333 e. The van der Waals surface area contributed by atoms with Gasteiger partial charge in [-0.3, -0.25) is 4.79 Å². The lowest BCUT2D eigenvalue weighted by atomic mass is 9.83. The summed E-state index contributed by atoms with van der Waals surface area (Å²) >= 11 is 0. The number of imidazole rings is 1. The molecule has 2 aliphatic rings. The van der Waals surface area contributed by atoms with Gasteiger partial charge in [0.25, 0.3) is 5.91 Å². The predicted octanol–water partition coefficient (Wildman–Crippen LogP) is 1.93. The third-order valence-electron chi connectivity index (χ3n) is 3.40. The van der Waals surface area contributed by atoms with Gasteiger partial charge in [-0.25, -0.2) is 9.98 Å². The van der Waals surface area contributed by atoms with Crippen molar-refractivity contribution in [1.29, 1.82) is 0 Å². The van der Waals surface area contributed by atoms with Gasteiger partial charge in [0.2, 0.25) is 0 Å². The van der Waals surface area contributed by atoms with Crippen molar-refractivity contribution >= 4 is 12.1 Å². The molecule has 4 heteroatoms. The van der Waals surface area contributed by atoms with E-state index in [0.717, 1.165) is 18.4 Å². The first kappa shape index (κ1) is 10.2. The van der Waals surface area contributed by atoms with E-state index in [1.807, 2.05) is 18.6 Å². The van der Waals surface area contributed by atoms with E-state index in [0.29, 0.717) is 0 Å². The standard InChI is InChI=1S/C13H13N3O/c17-13-11(5-6-15-13)10-3-1-2-4-12(10)16-8-7-14-9-16/h1-2,5-10,12H,3-4H2. The van der Waals surface area contributed by atoms with Gasteiger partial charge >= 0.3 is 0 Å². The zero-order valence-electron chi connectivity index (χ0n) is 9.36. The van der Waals surface area contributed by atoms with E-state index in [4.69, 9.17) is 0 Å². The minimum absolute atomic E-state index is 0.0876. The molecule has 2 unspecified atom stereocenters. The molecule has 0 bridgehead atoms. The molecule has 0 N–H and O–H groups in total. The van der Waals surface area contributed by atoms with Crippen LogP contribution in [0.2, 0.25) is 0 Å². The highest BCUT2D eigenvalue weighted by molar-refractivity contribution is 6.08. The summed E-state index contributed by atoms with van der Waals surface area (Å²) in [5.41, 5.74) is 0.827. The smallest absolute Gasteiger partial charge is 0.273 e. The molecule has 17 heavy (non-hydrogen) atoms. The first-order chi connectivity index (χ1) is 8.36. The average molecular weight is 227 g/mol. The number of carbonyl (C=O) groups excluding carboxylic acids is 1. The van der Waals surface area contributed by atoms with Gasteiger partial charge in [-0.2, -0.15) is 0 Å². The second-order valence-electron chi connectivity index (χ2n) is 4.33. The zero-order valence-corrected chi connectivity index (χ0v) is 9.36. The van der Waals surface area contributed by atoms with Crippen LogP contribution in [0.15, 0.2) is 47.5 Å². The molecule has 1 aliphatic carbocycles. The number of nitrogens with zero attached hydrogens (tertiary/aromatic N) is 3. The minimum atomic E-state index is -0.0876. The summed E-state index contributed by atoms with van der Waals surface area (Å²) < 4.78 is 2.08. The molecular weight excluding hydrogens is 214 g/mol. The SMILES string of the molecule is O=C1N=CC=C1C1CC=CCC1n1ccnc1. The van der Waals surface area contributed by atoms with E-state index in [1.165, 1.54) is 0 Å². The van der Waals surface area contributed by atoms with Crippen molar-refractivity contribution in [1.82, 2.24) is 9.55 Å². The van der Waals surface area contributed by atoms with Crippen LogP contribution in [0.4, 0.5) is 0 Å². The highest BCUT2D eigenvalue weighted by Crippen LogP contribution is 2.36. The number of hydrogen-bond donors (Lipinski definition) is 0. The van der Waals surface area contributed by atoms with Crippen molar-refractivity contribution in [3.63, 3.8) is 0 Å². The summed E-state index contributed by atoms with van der Waals surface area (Å²) in [6.45, 7) is 0. The summed E-state index contributed by atoms with van der Waals surface area (Å²) in [6.07, 6.45) is 15.1. The Bertz CT molecular complexity index is 511. The van der Waals surface area contributed by atoms with E-state index in [1.54, 1.807) is 12.4 Å². The number of carbonyl (C=O) groups is 1. The van der Waals surface area contributed by atoms with Gasteiger partial charge in [-0.05, 0) is 18.9 Å². The summed E-state index contributed by atoms with van der Waals surface area (Å²) in [5, 5.41) is 0. The maximum Gasteiger partial charge on any atom is 0.273 e. The fourth-order valence-corrected chi connectivity index (χ4v) is 2.54. The van der Waals surface area contributed by atoms with Crippen LogP contribution in [-0.4, -0.2) is 21.7 Å². The van der Waals surface area contributed by atoms with Crippen LogP contribution >= 0.6 is 0 Å². The highest BCUT2D eigenvalue weighted by Gasteiger charge is 2.31. The molecule has 1 aliphatic heterocycles. The van der Waals surface area contributed by atoms with Crippen LogP contribution in [0.1, 0.15) is 18.9 Å². The van der Waals surface area contributed by atoms with Gasteiger partial charge in [-0.15, -0.1) is 0 Å². The number of amides is 1. The summed E-state index contributed by atoms with van der Waals surface area (Å²) in [5.74, 6) is 0.125. The molecule has 0 aromatic carbocycles. The second kappa shape index (κ2) is 4.13. The van der Waals surface area contributed by atoms with E-state index < -0.39 is 0 Å². The van der Waals surface area contributed by atoms with Crippen LogP contribution in [0.5, 0.6) is 0 Å². The Balaban J connectivity index is 1.92. The van der Waals surface area contributed by atoms with Crippen LogP contribution in [0, 0.1) is 5.92 Å². The van der Waals surface area contributed by atoms with E-state index >= 15 is 0 Å². The lowest BCUT2D eigenvalue weighted by molar-refractivity contribution is -0.114. The highest BCUT2D eigenvalue weighted by atomic mass is 16.1. The quantitative estimate of drug-likeness (QED) is 0.725. The summed E-state index contributed by atoms with van der Waals surface area (Å²) in [7, 11) is 0. The van der Waals surface area contributed by atoms with Crippen molar-refractivity contribution in [2.75, 3.05) is 0 Å². The molecule has 86 valence electrons. The van der Waals surface area contributed by atoms with Crippen LogP contribution in [-0.2, 0) is 4.79 Å². The topological polar surface area (TPSA) is 47.2 Å². The van der Waals surface area contributed by atoms with Gasteiger partial charge in [0.05, 0.1) is 6.33 Å². The van der Waals surface area contributed by atoms with Crippen LogP contribution in [0.3, 0.4) is 0 Å². The number of hydrogen-bond acceptors (Lipinski definition) is 2. The number of aromatic nitrogens is 2. The van der Waals surface area contributed by atoms with E-state index in [-0.39, 0.29) is 17.9 Å². The van der Waals surface area contributed by atoms with Crippen molar-refractivity contribution in [2.45, 2.75) is 18.9 Å². The second-order valence-corrected chi connectivity index (χ2v) is 4.33. The molecule has 2 atom stereocenters. The molecule has 1 aromatic rings. The monoisotopic (exact) mass is 227 g/mol. The maximum absolute atomic E-state index is 11.7. The van der Waals surface area contributed by atoms with Gasteiger partial charge in [-0.1, -0.05) is 12.2 Å². The normalized spacial score (nSPS) is 27.5. The molecule has 4 nitrogen and oxygen atoms in total. The molecule has 0 radical (unpaired) electrons. The lowest BCUT2D eigenvalue weighted by Gasteiger charge is -2.29. The van der Waals surface area contributed by atoms with Crippen LogP contribution in [0.25, 0.3) is 0 Å². The van der Waals surface area contributed by atoms with Crippen LogP contribution < -0.4 is 0 Å². The Hall–Kier alpha value is -1.97. The molecule has 0 spiro atoms. The molecular formula is C13H13N3O. The van der Waals surface area contributed by atoms with Crippen molar-refractivity contribution in [3.8, 4) is 0 Å².